The first-order chi connectivity index (χ1) is 11.2. The van der Waals surface area contributed by atoms with Crippen molar-refractivity contribution in [2.75, 3.05) is 6.79 Å². The Morgan fingerprint density at radius 3 is 2.65 bits per heavy atom. The lowest BCUT2D eigenvalue weighted by Gasteiger charge is -2.01. The fourth-order valence-electron chi connectivity index (χ4n) is 2.28. The van der Waals surface area contributed by atoms with Gasteiger partial charge in [-0.2, -0.15) is 0 Å². The molecule has 23 heavy (non-hydrogen) atoms. The number of hydrogen-bond acceptors (Lipinski definition) is 5. The molecule has 6 heteroatoms. The highest BCUT2D eigenvalue weighted by Crippen LogP contribution is 2.33. The Bertz CT molecular complexity index is 855. The molecule has 0 amide bonds. The van der Waals surface area contributed by atoms with Crippen LogP contribution >= 0.6 is 15.9 Å². The molecule has 114 valence electrons. The third-order valence-electron chi connectivity index (χ3n) is 3.41. The summed E-state index contributed by atoms with van der Waals surface area (Å²) in [5.74, 6) is 1.08. The number of cyclic esters (lactones) is 1. The standard InChI is InChI=1S/C17H10BrNO4/c18-12-4-1-10(2-5-12)7-13-17(20)23-16(19-13)11-3-6-14-15(8-11)22-9-21-14/h1-8H,9H2. The molecule has 4 rings (SSSR count). The SMILES string of the molecule is O=C1OC(c2ccc3c(c2)OCO3)=NC1=Cc1ccc(Br)cc1. The van der Waals surface area contributed by atoms with E-state index in [0.717, 1.165) is 10.0 Å². The number of aliphatic imine (C=N–C) groups is 1. The van der Waals surface area contributed by atoms with Gasteiger partial charge in [0.05, 0.1) is 0 Å². The molecule has 0 spiro atoms. The Morgan fingerprint density at radius 2 is 1.83 bits per heavy atom. The van der Waals surface area contributed by atoms with Gasteiger partial charge in [0.2, 0.25) is 12.7 Å². The summed E-state index contributed by atoms with van der Waals surface area (Å²) in [5.41, 5.74) is 1.80. The lowest BCUT2D eigenvalue weighted by molar-refractivity contribution is -0.129. The highest BCUT2D eigenvalue weighted by atomic mass is 79.9. The molecule has 0 atom stereocenters. The van der Waals surface area contributed by atoms with Crippen LogP contribution in [-0.4, -0.2) is 18.7 Å². The summed E-state index contributed by atoms with van der Waals surface area (Å²) in [4.78, 5) is 16.3. The molecular formula is C17H10BrNO4. The second-order valence-corrected chi connectivity index (χ2v) is 5.87. The Labute approximate surface area is 140 Å². The molecule has 0 saturated heterocycles. The Hall–Kier alpha value is -2.60. The van der Waals surface area contributed by atoms with Crippen molar-refractivity contribution in [1.29, 1.82) is 0 Å². The normalized spacial score (nSPS) is 17.3. The second kappa shape index (κ2) is 5.55. The Balaban J connectivity index is 1.66. The van der Waals surface area contributed by atoms with Crippen LogP contribution in [0.2, 0.25) is 0 Å². The first-order valence-corrected chi connectivity index (χ1v) is 7.66. The van der Waals surface area contributed by atoms with Crippen LogP contribution in [0.5, 0.6) is 11.5 Å². The van der Waals surface area contributed by atoms with E-state index in [1.165, 1.54) is 0 Å². The predicted molar refractivity (Wildman–Crippen MR) is 87.3 cm³/mol. The van der Waals surface area contributed by atoms with Crippen molar-refractivity contribution in [3.05, 3.63) is 63.8 Å². The van der Waals surface area contributed by atoms with Gasteiger partial charge in [-0.1, -0.05) is 28.1 Å². The quantitative estimate of drug-likeness (QED) is 0.598. The fourth-order valence-corrected chi connectivity index (χ4v) is 2.54. The second-order valence-electron chi connectivity index (χ2n) is 4.96. The number of fused-ring (bicyclic) bond motifs is 1. The zero-order chi connectivity index (χ0) is 15.8. The molecular weight excluding hydrogens is 362 g/mol. The number of carbonyl (C=O) groups is 1. The van der Waals surface area contributed by atoms with Gasteiger partial charge >= 0.3 is 5.97 Å². The van der Waals surface area contributed by atoms with Crippen LogP contribution in [0.15, 0.2) is 57.6 Å². The van der Waals surface area contributed by atoms with Gasteiger partial charge in [0, 0.05) is 10.0 Å². The molecule has 0 aromatic heterocycles. The summed E-state index contributed by atoms with van der Waals surface area (Å²) in [5, 5.41) is 0. The molecule has 0 fully saturated rings. The van der Waals surface area contributed by atoms with Gasteiger partial charge in [-0.3, -0.25) is 0 Å². The number of hydrogen-bond donors (Lipinski definition) is 0. The molecule has 0 aliphatic carbocycles. The smallest absolute Gasteiger partial charge is 0.363 e. The maximum Gasteiger partial charge on any atom is 0.363 e. The van der Waals surface area contributed by atoms with Gasteiger partial charge < -0.3 is 14.2 Å². The summed E-state index contributed by atoms with van der Waals surface area (Å²) in [7, 11) is 0. The van der Waals surface area contributed by atoms with Gasteiger partial charge in [-0.15, -0.1) is 0 Å². The van der Waals surface area contributed by atoms with E-state index in [4.69, 9.17) is 14.2 Å². The average molecular weight is 372 g/mol. The predicted octanol–water partition coefficient (Wildman–Crippen LogP) is 3.52. The molecule has 2 aromatic carbocycles. The van der Waals surface area contributed by atoms with Crippen molar-refractivity contribution >= 4 is 33.9 Å². The maximum atomic E-state index is 12.0. The van der Waals surface area contributed by atoms with Crippen LogP contribution in [0, 0.1) is 0 Å². The van der Waals surface area contributed by atoms with E-state index in [1.807, 2.05) is 24.3 Å². The number of nitrogens with zero attached hydrogens (tertiary/aromatic N) is 1. The van der Waals surface area contributed by atoms with E-state index >= 15 is 0 Å². The third-order valence-corrected chi connectivity index (χ3v) is 3.94. The van der Waals surface area contributed by atoms with Crippen LogP contribution < -0.4 is 9.47 Å². The molecule has 0 bridgehead atoms. The fraction of sp³-hybridized carbons (Fsp3) is 0.0588. The van der Waals surface area contributed by atoms with E-state index in [2.05, 4.69) is 20.9 Å². The van der Waals surface area contributed by atoms with Crippen molar-refractivity contribution in [3.8, 4) is 11.5 Å². The van der Waals surface area contributed by atoms with Crippen molar-refractivity contribution in [2.45, 2.75) is 0 Å². The zero-order valence-electron chi connectivity index (χ0n) is 11.8. The molecule has 2 aliphatic rings. The summed E-state index contributed by atoms with van der Waals surface area (Å²) >= 11 is 3.37. The molecule has 0 unspecified atom stereocenters. The van der Waals surface area contributed by atoms with Gasteiger partial charge in [-0.25, -0.2) is 9.79 Å². The van der Waals surface area contributed by atoms with E-state index in [0.29, 0.717) is 17.1 Å². The minimum absolute atomic E-state index is 0.194. The number of rotatable bonds is 2. The Morgan fingerprint density at radius 1 is 1.04 bits per heavy atom. The van der Waals surface area contributed by atoms with E-state index in [1.54, 1.807) is 24.3 Å². The molecule has 0 radical (unpaired) electrons. The largest absolute Gasteiger partial charge is 0.454 e. The van der Waals surface area contributed by atoms with Crippen LogP contribution in [0.25, 0.3) is 6.08 Å². The first-order valence-electron chi connectivity index (χ1n) is 6.87. The van der Waals surface area contributed by atoms with E-state index in [-0.39, 0.29) is 18.4 Å². The average Bonchev–Trinajstić information content (AvgIpc) is 3.16. The molecule has 0 saturated carbocycles. The number of esters is 1. The monoisotopic (exact) mass is 371 g/mol. The van der Waals surface area contributed by atoms with Gasteiger partial charge in [0.1, 0.15) is 0 Å². The van der Waals surface area contributed by atoms with Crippen LogP contribution in [0.3, 0.4) is 0 Å². The number of ether oxygens (including phenoxy) is 3. The topological polar surface area (TPSA) is 57.1 Å². The van der Waals surface area contributed by atoms with Crippen molar-refractivity contribution in [2.24, 2.45) is 4.99 Å². The van der Waals surface area contributed by atoms with Crippen molar-refractivity contribution in [3.63, 3.8) is 0 Å². The highest BCUT2D eigenvalue weighted by Gasteiger charge is 2.25. The molecule has 5 nitrogen and oxygen atoms in total. The maximum absolute atomic E-state index is 12.0. The van der Waals surface area contributed by atoms with E-state index in [9.17, 15) is 4.79 Å². The molecule has 2 heterocycles. The lowest BCUT2D eigenvalue weighted by Crippen LogP contribution is -2.05. The minimum atomic E-state index is -0.472. The minimum Gasteiger partial charge on any atom is -0.454 e. The van der Waals surface area contributed by atoms with Crippen molar-refractivity contribution < 1.29 is 19.0 Å². The highest BCUT2D eigenvalue weighted by molar-refractivity contribution is 9.10. The first kappa shape index (κ1) is 14.0. The van der Waals surface area contributed by atoms with Crippen LogP contribution in [-0.2, 0) is 9.53 Å². The Kier molecular flexibility index (Phi) is 3.38. The molecule has 2 aromatic rings. The van der Waals surface area contributed by atoms with Crippen molar-refractivity contribution in [1.82, 2.24) is 0 Å². The number of carbonyl (C=O) groups excluding carboxylic acids is 1. The van der Waals surface area contributed by atoms with Gasteiger partial charge in [-0.05, 0) is 42.0 Å². The van der Waals surface area contributed by atoms with Crippen LogP contribution in [0.4, 0.5) is 0 Å². The summed E-state index contributed by atoms with van der Waals surface area (Å²) in [6, 6.07) is 12.9. The van der Waals surface area contributed by atoms with E-state index < -0.39 is 5.97 Å². The van der Waals surface area contributed by atoms with Crippen LogP contribution in [0.1, 0.15) is 11.1 Å². The summed E-state index contributed by atoms with van der Waals surface area (Å²) < 4.78 is 16.8. The van der Waals surface area contributed by atoms with Gasteiger partial charge in [0.25, 0.3) is 0 Å². The summed E-state index contributed by atoms with van der Waals surface area (Å²) in [6.45, 7) is 0.194. The number of halogens is 1. The number of benzene rings is 2. The third kappa shape index (κ3) is 2.73. The molecule has 0 N–H and O–H groups in total. The molecule has 2 aliphatic heterocycles. The summed E-state index contributed by atoms with van der Waals surface area (Å²) in [6.07, 6.45) is 1.69. The van der Waals surface area contributed by atoms with Gasteiger partial charge in [0.15, 0.2) is 17.2 Å². The zero-order valence-corrected chi connectivity index (χ0v) is 13.4. The lowest BCUT2D eigenvalue weighted by atomic mass is 10.2.